The van der Waals surface area contributed by atoms with E-state index in [1.165, 1.54) is 82.6 Å². The second-order valence-electron chi connectivity index (χ2n) is 11.2. The van der Waals surface area contributed by atoms with Crippen molar-refractivity contribution >= 4 is 5.91 Å². The summed E-state index contributed by atoms with van der Waals surface area (Å²) in [6.07, 6.45) is 19.3. The number of carbonyl (C=O) groups is 1. The highest BCUT2D eigenvalue weighted by Gasteiger charge is 2.15. The quantitative estimate of drug-likeness (QED) is 0.147. The fourth-order valence-electron chi connectivity index (χ4n) is 4.59. The summed E-state index contributed by atoms with van der Waals surface area (Å²) in [5.41, 5.74) is 1.37. The van der Waals surface area contributed by atoms with Gasteiger partial charge in [0.15, 0.2) is 0 Å². The van der Waals surface area contributed by atoms with E-state index in [0.29, 0.717) is 6.42 Å². The first-order chi connectivity index (χ1) is 15.9. The fourth-order valence-corrected chi connectivity index (χ4v) is 4.59. The van der Waals surface area contributed by atoms with Gasteiger partial charge >= 0.3 is 0 Å². The smallest absolute Gasteiger partial charge is 0.219 e. The monoisotopic (exact) mass is 459 g/mol. The lowest BCUT2D eigenvalue weighted by Crippen LogP contribution is -2.41. The van der Waals surface area contributed by atoms with E-state index in [1.54, 1.807) is 0 Å². The van der Waals surface area contributed by atoms with Crippen LogP contribution in [-0.2, 0) is 11.3 Å². The molecule has 1 rings (SSSR count). The number of quaternary nitrogens is 1. The molecule has 0 aliphatic rings. The van der Waals surface area contributed by atoms with E-state index in [0.717, 1.165) is 42.9 Å². The Morgan fingerprint density at radius 2 is 1.27 bits per heavy atom. The molecule has 0 fully saturated rings. The number of rotatable bonds is 21. The summed E-state index contributed by atoms with van der Waals surface area (Å²) < 4.78 is 0.957. The van der Waals surface area contributed by atoms with Crippen LogP contribution in [0, 0.1) is 5.92 Å². The Labute approximate surface area is 206 Å². The normalized spacial score (nSPS) is 11.8. The van der Waals surface area contributed by atoms with E-state index < -0.39 is 0 Å². The largest absolute Gasteiger partial charge is 0.356 e. The molecule has 0 aromatic heterocycles. The molecule has 0 aliphatic heterocycles. The second kappa shape index (κ2) is 19.0. The molecule has 0 radical (unpaired) electrons. The maximum atomic E-state index is 12.1. The lowest BCUT2D eigenvalue weighted by molar-refractivity contribution is -0.903. The van der Waals surface area contributed by atoms with Crippen molar-refractivity contribution in [3.8, 4) is 0 Å². The number of carbonyl (C=O) groups excluding carboxylic acids is 1. The highest BCUT2D eigenvalue weighted by molar-refractivity contribution is 5.75. The van der Waals surface area contributed by atoms with E-state index in [1.807, 2.05) is 0 Å². The van der Waals surface area contributed by atoms with Gasteiger partial charge in [0.1, 0.15) is 6.54 Å². The van der Waals surface area contributed by atoms with Crippen molar-refractivity contribution in [3.63, 3.8) is 0 Å². The third kappa shape index (κ3) is 18.7. The average Bonchev–Trinajstić information content (AvgIpc) is 2.77. The fraction of sp³-hybridized carbons (Fsp3) is 0.767. The van der Waals surface area contributed by atoms with Crippen molar-refractivity contribution in [2.45, 2.75) is 117 Å². The maximum Gasteiger partial charge on any atom is 0.219 e. The summed E-state index contributed by atoms with van der Waals surface area (Å²) in [6.45, 7) is 7.56. The highest BCUT2D eigenvalue weighted by Crippen LogP contribution is 2.14. The topological polar surface area (TPSA) is 29.1 Å². The van der Waals surface area contributed by atoms with Crippen LogP contribution < -0.4 is 5.32 Å². The molecule has 3 heteroatoms. The molecule has 33 heavy (non-hydrogen) atoms. The lowest BCUT2D eigenvalue weighted by Gasteiger charge is -2.30. The van der Waals surface area contributed by atoms with Gasteiger partial charge in [-0.25, -0.2) is 0 Å². The summed E-state index contributed by atoms with van der Waals surface area (Å²) >= 11 is 0. The predicted molar refractivity (Wildman–Crippen MR) is 144 cm³/mol. The molecule has 1 N–H and O–H groups in total. The van der Waals surface area contributed by atoms with Gasteiger partial charge in [-0.05, 0) is 12.3 Å². The van der Waals surface area contributed by atoms with Gasteiger partial charge in [-0.3, -0.25) is 4.79 Å². The minimum Gasteiger partial charge on any atom is -0.356 e. The van der Waals surface area contributed by atoms with Gasteiger partial charge in [0.05, 0.1) is 20.6 Å². The average molecular weight is 460 g/mol. The van der Waals surface area contributed by atoms with Gasteiger partial charge in [-0.1, -0.05) is 121 Å². The molecule has 0 heterocycles. The molecule has 1 aromatic rings. The van der Waals surface area contributed by atoms with Gasteiger partial charge in [-0.15, -0.1) is 0 Å². The Balaban J connectivity index is 1.86. The Morgan fingerprint density at radius 3 is 1.82 bits per heavy atom. The first-order valence-corrected chi connectivity index (χ1v) is 14.0. The predicted octanol–water partition coefficient (Wildman–Crippen LogP) is 7.89. The third-order valence-electron chi connectivity index (χ3n) is 6.65. The molecule has 1 aromatic carbocycles. The molecular weight excluding hydrogens is 404 g/mol. The van der Waals surface area contributed by atoms with Crippen LogP contribution in [0.5, 0.6) is 0 Å². The summed E-state index contributed by atoms with van der Waals surface area (Å²) in [7, 11) is 4.54. The first-order valence-electron chi connectivity index (χ1n) is 14.0. The van der Waals surface area contributed by atoms with Crippen LogP contribution in [0.2, 0.25) is 0 Å². The van der Waals surface area contributed by atoms with Crippen LogP contribution in [0.3, 0.4) is 0 Å². The van der Waals surface area contributed by atoms with Gasteiger partial charge in [0.2, 0.25) is 5.91 Å². The van der Waals surface area contributed by atoms with Gasteiger partial charge in [-0.2, -0.15) is 0 Å². The number of nitrogens with zero attached hydrogens (tertiary/aromatic N) is 1. The molecule has 0 saturated carbocycles. The van der Waals surface area contributed by atoms with Crippen LogP contribution in [0.15, 0.2) is 30.3 Å². The summed E-state index contributed by atoms with van der Waals surface area (Å²) in [6, 6.07) is 10.7. The summed E-state index contributed by atoms with van der Waals surface area (Å²) in [4.78, 5) is 12.1. The van der Waals surface area contributed by atoms with Crippen molar-refractivity contribution < 1.29 is 9.28 Å². The van der Waals surface area contributed by atoms with Crippen molar-refractivity contribution in [2.75, 3.05) is 27.2 Å². The van der Waals surface area contributed by atoms with Crippen LogP contribution in [-0.4, -0.2) is 37.6 Å². The zero-order valence-electron chi connectivity index (χ0n) is 22.5. The van der Waals surface area contributed by atoms with Crippen LogP contribution in [0.1, 0.15) is 116 Å². The molecule has 0 unspecified atom stereocenters. The van der Waals surface area contributed by atoms with E-state index in [4.69, 9.17) is 0 Å². The zero-order valence-corrected chi connectivity index (χ0v) is 22.5. The zero-order chi connectivity index (χ0) is 24.2. The van der Waals surface area contributed by atoms with Crippen molar-refractivity contribution in [1.82, 2.24) is 5.32 Å². The molecule has 0 atom stereocenters. The number of hydrogen-bond donors (Lipinski definition) is 1. The molecule has 3 nitrogen and oxygen atoms in total. The maximum absolute atomic E-state index is 12.1. The summed E-state index contributed by atoms with van der Waals surface area (Å²) in [5, 5.41) is 3.12. The molecular formula is C30H55N2O+. The highest BCUT2D eigenvalue weighted by atomic mass is 16.1. The molecule has 190 valence electrons. The number of amides is 1. The van der Waals surface area contributed by atoms with Crippen molar-refractivity contribution in [2.24, 2.45) is 5.92 Å². The van der Waals surface area contributed by atoms with Gasteiger partial charge < -0.3 is 9.80 Å². The van der Waals surface area contributed by atoms with E-state index in [9.17, 15) is 4.79 Å². The van der Waals surface area contributed by atoms with Crippen LogP contribution in [0.25, 0.3) is 0 Å². The molecule has 0 bridgehead atoms. The van der Waals surface area contributed by atoms with Crippen LogP contribution in [0.4, 0.5) is 0 Å². The summed E-state index contributed by atoms with van der Waals surface area (Å²) in [5.74, 6) is 1.10. The Hall–Kier alpha value is -1.35. The van der Waals surface area contributed by atoms with Gasteiger partial charge in [0, 0.05) is 24.9 Å². The SMILES string of the molecule is CC(C)CCCCCCCCCCCCCCC(=O)NCCC[N+](C)(C)Cc1ccccc1. The number of unbranched alkanes of at least 4 members (excludes halogenated alkanes) is 11. The van der Waals surface area contributed by atoms with E-state index in [2.05, 4.69) is 63.6 Å². The van der Waals surface area contributed by atoms with Crippen molar-refractivity contribution in [3.05, 3.63) is 35.9 Å². The molecule has 0 aliphatic carbocycles. The molecule has 1 amide bonds. The Kier molecular flexibility index (Phi) is 17.1. The molecule has 0 spiro atoms. The van der Waals surface area contributed by atoms with E-state index in [-0.39, 0.29) is 5.91 Å². The Morgan fingerprint density at radius 1 is 0.758 bits per heavy atom. The second-order valence-corrected chi connectivity index (χ2v) is 11.2. The number of nitrogens with one attached hydrogen (secondary N) is 1. The van der Waals surface area contributed by atoms with Crippen LogP contribution >= 0.6 is 0 Å². The standard InChI is InChI=1S/C30H54N2O/c1-28(2)21-16-13-11-9-7-5-6-8-10-12-14-19-24-30(33)31-25-20-26-32(3,4)27-29-22-17-15-18-23-29/h15,17-18,22-23,28H,5-14,16,19-21,24-27H2,1-4H3/p+1. The minimum absolute atomic E-state index is 0.233. The van der Waals surface area contributed by atoms with Gasteiger partial charge in [0.25, 0.3) is 0 Å². The molecule has 0 saturated heterocycles. The first kappa shape index (κ1) is 29.7. The van der Waals surface area contributed by atoms with E-state index >= 15 is 0 Å². The number of benzene rings is 1. The third-order valence-corrected chi connectivity index (χ3v) is 6.65. The van der Waals surface area contributed by atoms with Crippen molar-refractivity contribution in [1.29, 1.82) is 0 Å². The number of hydrogen-bond acceptors (Lipinski definition) is 1. The lowest BCUT2D eigenvalue weighted by atomic mass is 10.0. The minimum atomic E-state index is 0.233. The Bertz CT molecular complexity index is 582.